The molecule has 1 fully saturated rings. The zero-order valence-electron chi connectivity index (χ0n) is 10.3. The number of likely N-dealkylation sites (tertiary alicyclic amines) is 1. The van der Waals surface area contributed by atoms with Crippen LogP contribution < -0.4 is 0 Å². The summed E-state index contributed by atoms with van der Waals surface area (Å²) in [6.45, 7) is 2.50. The van der Waals surface area contributed by atoms with Gasteiger partial charge in [0.05, 0.1) is 10.5 Å². The molecule has 4 nitrogen and oxygen atoms in total. The second-order valence-corrected chi connectivity index (χ2v) is 7.14. The van der Waals surface area contributed by atoms with Crippen molar-refractivity contribution in [2.24, 2.45) is 0 Å². The summed E-state index contributed by atoms with van der Waals surface area (Å²) in [4.78, 5) is 13.4. The van der Waals surface area contributed by atoms with Crippen LogP contribution in [-0.2, 0) is 9.05 Å². The van der Waals surface area contributed by atoms with Crippen molar-refractivity contribution >= 4 is 25.6 Å². The molecule has 1 aromatic carbocycles. The van der Waals surface area contributed by atoms with Gasteiger partial charge in [0.2, 0.25) is 0 Å². The molecular formula is C12H13ClFNO3S. The largest absolute Gasteiger partial charge is 0.336 e. The maximum absolute atomic E-state index is 13.8. The quantitative estimate of drug-likeness (QED) is 0.788. The van der Waals surface area contributed by atoms with Crippen LogP contribution in [0.5, 0.6) is 0 Å². The molecular weight excluding hydrogens is 293 g/mol. The molecule has 1 atom stereocenters. The summed E-state index contributed by atoms with van der Waals surface area (Å²) in [5, 5.41) is 0. The molecule has 19 heavy (non-hydrogen) atoms. The lowest BCUT2D eigenvalue weighted by molar-refractivity contribution is 0.0742. The molecule has 104 valence electrons. The van der Waals surface area contributed by atoms with E-state index in [4.69, 9.17) is 10.7 Å². The second kappa shape index (κ2) is 5.09. The summed E-state index contributed by atoms with van der Waals surface area (Å²) in [6, 6.07) is 3.15. The normalized spacial score (nSPS) is 19.7. The van der Waals surface area contributed by atoms with E-state index >= 15 is 0 Å². The van der Waals surface area contributed by atoms with E-state index in [1.165, 1.54) is 0 Å². The van der Waals surface area contributed by atoms with Crippen molar-refractivity contribution in [2.75, 3.05) is 6.54 Å². The first kappa shape index (κ1) is 14.3. The smallest absolute Gasteiger partial charge is 0.261 e. The molecule has 0 N–H and O–H groups in total. The Morgan fingerprint density at radius 2 is 2.16 bits per heavy atom. The molecule has 2 rings (SSSR count). The summed E-state index contributed by atoms with van der Waals surface area (Å²) >= 11 is 0. The fourth-order valence-electron chi connectivity index (χ4n) is 2.21. The number of carbonyl (C=O) groups excluding carboxylic acids is 1. The molecule has 1 saturated heterocycles. The topological polar surface area (TPSA) is 54.5 Å². The summed E-state index contributed by atoms with van der Waals surface area (Å²) in [5.74, 6) is -1.29. The minimum Gasteiger partial charge on any atom is -0.336 e. The first-order valence-electron chi connectivity index (χ1n) is 5.86. The highest BCUT2D eigenvalue weighted by atomic mass is 35.7. The Hall–Kier alpha value is -1.14. The number of carbonyl (C=O) groups is 1. The molecule has 1 unspecified atom stereocenters. The van der Waals surface area contributed by atoms with Crippen molar-refractivity contribution in [1.82, 2.24) is 4.90 Å². The van der Waals surface area contributed by atoms with Gasteiger partial charge in [-0.1, -0.05) is 0 Å². The number of rotatable bonds is 2. The molecule has 0 saturated carbocycles. The Morgan fingerprint density at radius 3 is 2.63 bits per heavy atom. The summed E-state index contributed by atoms with van der Waals surface area (Å²) in [5.41, 5.74) is -0.127. The van der Waals surface area contributed by atoms with Crippen LogP contribution in [0.4, 0.5) is 4.39 Å². The third kappa shape index (κ3) is 2.90. The van der Waals surface area contributed by atoms with E-state index in [0.29, 0.717) is 6.54 Å². The highest BCUT2D eigenvalue weighted by Gasteiger charge is 2.28. The minimum absolute atomic E-state index is 0.0725. The number of hydrogen-bond acceptors (Lipinski definition) is 3. The van der Waals surface area contributed by atoms with Gasteiger partial charge in [-0.2, -0.15) is 0 Å². The second-order valence-electron chi connectivity index (χ2n) is 4.57. The molecule has 1 aliphatic heterocycles. The van der Waals surface area contributed by atoms with Crippen molar-refractivity contribution in [1.29, 1.82) is 0 Å². The van der Waals surface area contributed by atoms with Gasteiger partial charge in [-0.25, -0.2) is 12.8 Å². The molecule has 0 aromatic heterocycles. The molecule has 0 aliphatic carbocycles. The van der Waals surface area contributed by atoms with Gasteiger partial charge in [0, 0.05) is 23.3 Å². The monoisotopic (exact) mass is 305 g/mol. The zero-order valence-corrected chi connectivity index (χ0v) is 11.8. The number of hydrogen-bond donors (Lipinski definition) is 0. The van der Waals surface area contributed by atoms with E-state index in [1.54, 1.807) is 4.90 Å². The first-order chi connectivity index (χ1) is 8.80. The van der Waals surface area contributed by atoms with Crippen molar-refractivity contribution in [3.8, 4) is 0 Å². The Kier molecular flexibility index (Phi) is 3.82. The highest BCUT2D eigenvalue weighted by molar-refractivity contribution is 8.13. The van der Waals surface area contributed by atoms with E-state index in [2.05, 4.69) is 0 Å². The van der Waals surface area contributed by atoms with Crippen LogP contribution in [-0.4, -0.2) is 31.8 Å². The van der Waals surface area contributed by atoms with Crippen molar-refractivity contribution in [3.63, 3.8) is 0 Å². The molecule has 1 amide bonds. The van der Waals surface area contributed by atoms with Crippen LogP contribution in [0, 0.1) is 5.82 Å². The molecule has 1 heterocycles. The summed E-state index contributed by atoms with van der Waals surface area (Å²) < 4.78 is 36.0. The van der Waals surface area contributed by atoms with Crippen LogP contribution >= 0.6 is 10.7 Å². The van der Waals surface area contributed by atoms with Gasteiger partial charge < -0.3 is 4.90 Å². The fourth-order valence-corrected chi connectivity index (χ4v) is 2.97. The van der Waals surface area contributed by atoms with Crippen LogP contribution in [0.1, 0.15) is 30.1 Å². The van der Waals surface area contributed by atoms with Crippen LogP contribution in [0.25, 0.3) is 0 Å². The summed E-state index contributed by atoms with van der Waals surface area (Å²) in [6.07, 6.45) is 1.78. The predicted molar refractivity (Wildman–Crippen MR) is 69.2 cm³/mol. The maximum Gasteiger partial charge on any atom is 0.261 e. The Balaban J connectivity index is 2.34. The van der Waals surface area contributed by atoms with Crippen molar-refractivity contribution in [3.05, 3.63) is 29.6 Å². The van der Waals surface area contributed by atoms with Gasteiger partial charge in [0.1, 0.15) is 5.82 Å². The third-order valence-corrected chi connectivity index (χ3v) is 4.62. The number of amides is 1. The Labute approximate surface area is 115 Å². The van der Waals surface area contributed by atoms with E-state index in [-0.39, 0.29) is 16.5 Å². The number of nitrogens with zero attached hydrogens (tertiary/aromatic N) is 1. The molecule has 7 heteroatoms. The molecule has 0 spiro atoms. The highest BCUT2D eigenvalue weighted by Crippen LogP contribution is 2.23. The predicted octanol–water partition coefficient (Wildman–Crippen LogP) is 2.38. The molecule has 1 aliphatic rings. The lowest BCUT2D eigenvalue weighted by Crippen LogP contribution is -2.34. The fraction of sp³-hybridized carbons (Fsp3) is 0.417. The van der Waals surface area contributed by atoms with E-state index in [1.807, 2.05) is 6.92 Å². The van der Waals surface area contributed by atoms with Gasteiger partial charge in [-0.05, 0) is 38.0 Å². The molecule has 0 bridgehead atoms. The summed E-state index contributed by atoms with van der Waals surface area (Å²) in [7, 11) is 1.13. The van der Waals surface area contributed by atoms with Gasteiger partial charge >= 0.3 is 0 Å². The van der Waals surface area contributed by atoms with Gasteiger partial charge in [-0.15, -0.1) is 0 Å². The van der Waals surface area contributed by atoms with Crippen molar-refractivity contribution < 1.29 is 17.6 Å². The lowest BCUT2D eigenvalue weighted by Gasteiger charge is -2.21. The number of halogens is 2. The molecule has 1 aromatic rings. The Bertz CT molecular complexity index is 617. The average Bonchev–Trinajstić information content (AvgIpc) is 2.73. The van der Waals surface area contributed by atoms with Crippen molar-refractivity contribution in [2.45, 2.75) is 30.7 Å². The zero-order chi connectivity index (χ0) is 14.2. The van der Waals surface area contributed by atoms with E-state index in [0.717, 1.165) is 31.0 Å². The number of benzene rings is 1. The molecule has 0 radical (unpaired) electrons. The van der Waals surface area contributed by atoms with Gasteiger partial charge in [-0.3, -0.25) is 4.79 Å². The van der Waals surface area contributed by atoms with Gasteiger partial charge in [0.15, 0.2) is 0 Å². The first-order valence-corrected chi connectivity index (χ1v) is 8.17. The van der Waals surface area contributed by atoms with E-state index < -0.39 is 20.8 Å². The minimum atomic E-state index is -3.99. The average molecular weight is 306 g/mol. The van der Waals surface area contributed by atoms with E-state index in [9.17, 15) is 17.6 Å². The van der Waals surface area contributed by atoms with Crippen LogP contribution in [0.2, 0.25) is 0 Å². The lowest BCUT2D eigenvalue weighted by atomic mass is 10.1. The standard InChI is InChI=1S/C12H13ClFNO3S/c1-8-3-2-6-15(8)12(16)10-5-4-9(7-11(10)14)19(13,17)18/h4-5,7-8H,2-3,6H2,1H3. The maximum atomic E-state index is 13.8. The SMILES string of the molecule is CC1CCCN1C(=O)c1ccc(S(=O)(=O)Cl)cc1F. The Morgan fingerprint density at radius 1 is 1.47 bits per heavy atom. The van der Waals surface area contributed by atoms with Gasteiger partial charge in [0.25, 0.3) is 15.0 Å². The van der Waals surface area contributed by atoms with Crippen LogP contribution in [0.3, 0.4) is 0 Å². The third-order valence-electron chi connectivity index (χ3n) is 3.27. The van der Waals surface area contributed by atoms with Crippen LogP contribution in [0.15, 0.2) is 23.1 Å².